The number of fused-ring (bicyclic) bond motifs is 1. The van der Waals surface area contributed by atoms with Gasteiger partial charge in [-0.2, -0.15) is 0 Å². The number of ether oxygens (including phenoxy) is 1. The van der Waals surface area contributed by atoms with Crippen LogP contribution >= 0.6 is 15.9 Å². The molecule has 1 heterocycles. The van der Waals surface area contributed by atoms with Gasteiger partial charge in [0, 0.05) is 17.3 Å². The van der Waals surface area contributed by atoms with Crippen molar-refractivity contribution in [3.63, 3.8) is 0 Å². The summed E-state index contributed by atoms with van der Waals surface area (Å²) in [5, 5.41) is 0.904. The predicted octanol–water partition coefficient (Wildman–Crippen LogP) is 4.70. The Hall–Kier alpha value is -1.35. The summed E-state index contributed by atoms with van der Waals surface area (Å²) in [6, 6.07) is 15.2. The van der Waals surface area contributed by atoms with Gasteiger partial charge in [-0.25, -0.2) is 4.39 Å². The smallest absolute Gasteiger partial charge is 0.123 e. The second kappa shape index (κ2) is 5.96. The second-order valence-corrected chi connectivity index (χ2v) is 5.84. The summed E-state index contributed by atoms with van der Waals surface area (Å²) in [6.07, 6.45) is 1.86. The van der Waals surface area contributed by atoms with E-state index in [4.69, 9.17) is 4.74 Å². The Bertz CT molecular complexity index is 585. The van der Waals surface area contributed by atoms with E-state index >= 15 is 0 Å². The van der Waals surface area contributed by atoms with Crippen LogP contribution in [0.4, 0.5) is 4.39 Å². The molecule has 0 N–H and O–H groups in total. The van der Waals surface area contributed by atoms with E-state index in [9.17, 15) is 4.39 Å². The minimum absolute atomic E-state index is 0.134. The number of hydrogen-bond acceptors (Lipinski definition) is 1. The minimum atomic E-state index is -0.187. The molecular formula is C17H16BrFO. The molecule has 1 aliphatic rings. The van der Waals surface area contributed by atoms with Crippen molar-refractivity contribution >= 4 is 15.9 Å². The van der Waals surface area contributed by atoms with Crippen molar-refractivity contribution in [2.45, 2.75) is 24.9 Å². The second-order valence-electron chi connectivity index (χ2n) is 5.19. The lowest BCUT2D eigenvalue weighted by Crippen LogP contribution is -2.18. The highest BCUT2D eigenvalue weighted by molar-refractivity contribution is 9.09. The molecular weight excluding hydrogens is 319 g/mol. The van der Waals surface area contributed by atoms with Crippen LogP contribution in [0.2, 0.25) is 0 Å². The van der Waals surface area contributed by atoms with Gasteiger partial charge in [-0.05, 0) is 36.1 Å². The van der Waals surface area contributed by atoms with Crippen LogP contribution in [0.3, 0.4) is 0 Å². The first kappa shape index (κ1) is 13.6. The van der Waals surface area contributed by atoms with Crippen molar-refractivity contribution in [3.05, 3.63) is 65.5 Å². The molecule has 2 aromatic rings. The van der Waals surface area contributed by atoms with Crippen LogP contribution in [0, 0.1) is 5.82 Å². The molecule has 0 bridgehead atoms. The Morgan fingerprint density at radius 2 is 2.00 bits per heavy atom. The first-order valence-corrected chi connectivity index (χ1v) is 7.94. The quantitative estimate of drug-likeness (QED) is 0.736. The molecule has 2 aromatic carbocycles. The minimum Gasteiger partial charge on any atom is -0.490 e. The molecule has 0 aliphatic carbocycles. The maximum absolute atomic E-state index is 13.2. The summed E-state index contributed by atoms with van der Waals surface area (Å²) in [6.45, 7) is 0. The summed E-state index contributed by atoms with van der Waals surface area (Å²) in [5.41, 5.74) is 2.30. The molecule has 104 valence electrons. The van der Waals surface area contributed by atoms with E-state index in [2.05, 4.69) is 40.2 Å². The van der Waals surface area contributed by atoms with Gasteiger partial charge in [0.1, 0.15) is 17.7 Å². The molecule has 1 aliphatic heterocycles. The average molecular weight is 335 g/mol. The maximum atomic E-state index is 13.2. The molecule has 3 rings (SSSR count). The van der Waals surface area contributed by atoms with Crippen LogP contribution in [0.25, 0.3) is 0 Å². The molecule has 2 unspecified atom stereocenters. The van der Waals surface area contributed by atoms with Crippen LogP contribution in [0.5, 0.6) is 5.75 Å². The molecule has 0 spiro atoms. The van der Waals surface area contributed by atoms with Crippen LogP contribution < -0.4 is 4.74 Å². The van der Waals surface area contributed by atoms with Gasteiger partial charge in [-0.15, -0.1) is 0 Å². The van der Waals surface area contributed by atoms with Gasteiger partial charge in [0.2, 0.25) is 0 Å². The fourth-order valence-corrected chi connectivity index (χ4v) is 3.39. The van der Waals surface area contributed by atoms with Gasteiger partial charge >= 0.3 is 0 Å². The van der Waals surface area contributed by atoms with Crippen molar-refractivity contribution in [2.75, 3.05) is 5.33 Å². The third-order valence-corrected chi connectivity index (χ3v) is 4.55. The van der Waals surface area contributed by atoms with Crippen LogP contribution in [-0.4, -0.2) is 11.4 Å². The van der Waals surface area contributed by atoms with E-state index in [1.807, 2.05) is 6.07 Å². The van der Waals surface area contributed by atoms with E-state index in [0.29, 0.717) is 5.92 Å². The van der Waals surface area contributed by atoms with Gasteiger partial charge in [0.05, 0.1) is 0 Å². The number of hydrogen-bond donors (Lipinski definition) is 0. The predicted molar refractivity (Wildman–Crippen MR) is 82.1 cm³/mol. The number of halogens is 2. The molecule has 20 heavy (non-hydrogen) atoms. The Kier molecular flexibility index (Phi) is 4.06. The third kappa shape index (κ3) is 2.88. The van der Waals surface area contributed by atoms with E-state index < -0.39 is 0 Å². The van der Waals surface area contributed by atoms with E-state index in [1.165, 1.54) is 11.6 Å². The molecule has 0 amide bonds. The Balaban J connectivity index is 1.70. The standard InChI is InChI=1S/C17H16BrFO/c18-11-14(12-4-2-1-3-5-12)10-16-9-13-8-15(19)6-7-17(13)20-16/h1-8,14,16H,9-11H2. The SMILES string of the molecule is Fc1ccc2c(c1)CC(CC(CBr)c1ccccc1)O2. The summed E-state index contributed by atoms with van der Waals surface area (Å²) in [5.74, 6) is 1.06. The third-order valence-electron chi connectivity index (χ3n) is 3.77. The van der Waals surface area contributed by atoms with E-state index in [1.54, 1.807) is 12.1 Å². The van der Waals surface area contributed by atoms with Gasteiger partial charge in [-0.1, -0.05) is 46.3 Å². The average Bonchev–Trinajstić information content (AvgIpc) is 2.87. The topological polar surface area (TPSA) is 9.23 Å². The summed E-state index contributed by atoms with van der Waals surface area (Å²) < 4.78 is 19.1. The van der Waals surface area contributed by atoms with Crippen molar-refractivity contribution in [3.8, 4) is 5.75 Å². The maximum Gasteiger partial charge on any atom is 0.123 e. The lowest BCUT2D eigenvalue weighted by Gasteiger charge is -2.19. The molecule has 2 atom stereocenters. The largest absolute Gasteiger partial charge is 0.490 e. The first-order valence-electron chi connectivity index (χ1n) is 6.82. The van der Waals surface area contributed by atoms with Gasteiger partial charge < -0.3 is 4.74 Å². The van der Waals surface area contributed by atoms with Crippen molar-refractivity contribution in [2.24, 2.45) is 0 Å². The number of rotatable bonds is 4. The summed E-state index contributed by atoms with van der Waals surface area (Å²) in [7, 11) is 0. The lowest BCUT2D eigenvalue weighted by molar-refractivity contribution is 0.213. The lowest BCUT2D eigenvalue weighted by atomic mass is 9.93. The van der Waals surface area contributed by atoms with Crippen molar-refractivity contribution in [1.82, 2.24) is 0 Å². The Morgan fingerprint density at radius 1 is 1.20 bits per heavy atom. The zero-order valence-corrected chi connectivity index (χ0v) is 12.6. The zero-order valence-electron chi connectivity index (χ0n) is 11.1. The fourth-order valence-electron chi connectivity index (χ4n) is 2.75. The van der Waals surface area contributed by atoms with Crippen molar-refractivity contribution < 1.29 is 9.13 Å². The molecule has 3 heteroatoms. The highest BCUT2D eigenvalue weighted by Gasteiger charge is 2.26. The van der Waals surface area contributed by atoms with Crippen LogP contribution in [0.15, 0.2) is 48.5 Å². The van der Waals surface area contributed by atoms with E-state index in [-0.39, 0.29) is 11.9 Å². The molecule has 1 nitrogen and oxygen atoms in total. The van der Waals surface area contributed by atoms with Gasteiger partial charge in [0.15, 0.2) is 0 Å². The molecule has 0 saturated heterocycles. The van der Waals surface area contributed by atoms with Crippen LogP contribution in [-0.2, 0) is 6.42 Å². The highest BCUT2D eigenvalue weighted by atomic mass is 79.9. The Labute approximate surface area is 126 Å². The van der Waals surface area contributed by atoms with Crippen molar-refractivity contribution in [1.29, 1.82) is 0 Å². The monoisotopic (exact) mass is 334 g/mol. The van der Waals surface area contributed by atoms with Gasteiger partial charge in [0.25, 0.3) is 0 Å². The molecule has 0 fully saturated rings. The van der Waals surface area contributed by atoms with Gasteiger partial charge in [-0.3, -0.25) is 0 Å². The fraction of sp³-hybridized carbons (Fsp3) is 0.294. The first-order chi connectivity index (χ1) is 9.76. The summed E-state index contributed by atoms with van der Waals surface area (Å²) >= 11 is 3.59. The molecule has 0 radical (unpaired) electrons. The Morgan fingerprint density at radius 3 is 2.75 bits per heavy atom. The summed E-state index contributed by atoms with van der Waals surface area (Å²) in [4.78, 5) is 0. The molecule has 0 saturated carbocycles. The van der Waals surface area contributed by atoms with Crippen LogP contribution in [0.1, 0.15) is 23.5 Å². The molecule has 0 aromatic heterocycles. The van der Waals surface area contributed by atoms with E-state index in [0.717, 1.165) is 29.5 Å². The number of benzene rings is 2. The number of alkyl halides is 1. The highest BCUT2D eigenvalue weighted by Crippen LogP contribution is 2.34. The normalized spacial score (nSPS) is 18.4. The zero-order chi connectivity index (χ0) is 13.9.